The van der Waals surface area contributed by atoms with Gasteiger partial charge < -0.3 is 19.9 Å². The third-order valence-corrected chi connectivity index (χ3v) is 7.26. The summed E-state index contributed by atoms with van der Waals surface area (Å²) in [7, 11) is 1.55. The zero-order valence-electron chi connectivity index (χ0n) is 21.2. The van der Waals surface area contributed by atoms with Crippen molar-refractivity contribution in [1.29, 1.82) is 0 Å². The van der Waals surface area contributed by atoms with Gasteiger partial charge in [0.15, 0.2) is 0 Å². The summed E-state index contributed by atoms with van der Waals surface area (Å²) in [5.41, 5.74) is 2.56. The van der Waals surface area contributed by atoms with Crippen LogP contribution in [-0.4, -0.2) is 68.8 Å². The number of hydrogen-bond acceptors (Lipinski definition) is 5. The number of pyridine rings is 1. The van der Waals surface area contributed by atoms with E-state index in [1.807, 2.05) is 24.3 Å². The fourth-order valence-corrected chi connectivity index (χ4v) is 5.16. The van der Waals surface area contributed by atoms with Crippen LogP contribution in [0.5, 0.6) is 5.75 Å². The highest BCUT2D eigenvalue weighted by Crippen LogP contribution is 2.32. The third kappa shape index (κ3) is 5.54. The maximum absolute atomic E-state index is 13.2. The lowest BCUT2D eigenvalue weighted by molar-refractivity contribution is 0.0671. The van der Waals surface area contributed by atoms with Crippen LogP contribution >= 0.6 is 0 Å². The summed E-state index contributed by atoms with van der Waals surface area (Å²) in [6, 6.07) is 22.6. The lowest BCUT2D eigenvalue weighted by Crippen LogP contribution is -2.51. The Hall–Kier alpha value is -4.48. The van der Waals surface area contributed by atoms with Gasteiger partial charge in [0.1, 0.15) is 5.75 Å². The highest BCUT2D eigenvalue weighted by molar-refractivity contribution is 7.81. The van der Waals surface area contributed by atoms with Crippen LogP contribution in [0.3, 0.4) is 0 Å². The number of ether oxygens (including phenoxy) is 1. The number of fused-ring (bicyclic) bond motifs is 1. The minimum atomic E-state index is -2.36. The third-order valence-electron chi connectivity index (χ3n) is 6.54. The normalized spacial score (nSPS) is 14.1. The number of rotatable bonds is 6. The molecule has 1 aromatic heterocycles. The summed E-state index contributed by atoms with van der Waals surface area (Å²) in [4.78, 5) is 33.6. The maximum atomic E-state index is 13.2. The van der Waals surface area contributed by atoms with Gasteiger partial charge in [-0.25, -0.2) is 13.3 Å². The minimum Gasteiger partial charge on any atom is -0.495 e. The molecule has 2 N–H and O–H groups in total. The highest BCUT2D eigenvalue weighted by Gasteiger charge is 2.26. The van der Waals surface area contributed by atoms with E-state index in [4.69, 9.17) is 4.74 Å². The molecule has 5 rings (SSSR count). The Balaban J connectivity index is 1.25. The first-order chi connectivity index (χ1) is 19.0. The number of carbonyl (C=O) groups is 2. The number of para-hydroxylation sites is 3. The van der Waals surface area contributed by atoms with Gasteiger partial charge in [-0.1, -0.05) is 30.3 Å². The lowest BCUT2D eigenvalue weighted by atomic mass is 10.1. The Kier molecular flexibility index (Phi) is 7.71. The van der Waals surface area contributed by atoms with E-state index in [2.05, 4.69) is 10.3 Å². The SMILES string of the molecule is COc1ccccc1NC(=O)N1CCN(C(=O)c2ccc(N(c3cccc4cccnc34)S(=O)O)cc2)CC1. The van der Waals surface area contributed by atoms with Crippen LogP contribution in [0.15, 0.2) is 85.1 Å². The van der Waals surface area contributed by atoms with Gasteiger partial charge in [0, 0.05) is 43.3 Å². The van der Waals surface area contributed by atoms with Gasteiger partial charge in [0.25, 0.3) is 17.2 Å². The monoisotopic (exact) mass is 545 g/mol. The largest absolute Gasteiger partial charge is 0.495 e. The Morgan fingerprint density at radius 2 is 1.62 bits per heavy atom. The molecule has 0 aliphatic carbocycles. The Labute approximate surface area is 228 Å². The van der Waals surface area contributed by atoms with Crippen LogP contribution in [0.4, 0.5) is 21.9 Å². The van der Waals surface area contributed by atoms with Crippen molar-refractivity contribution in [3.8, 4) is 5.75 Å². The average Bonchev–Trinajstić information content (AvgIpc) is 2.97. The predicted octanol–water partition coefficient (Wildman–Crippen LogP) is 4.51. The number of benzene rings is 3. The van der Waals surface area contributed by atoms with E-state index in [0.29, 0.717) is 60.1 Å². The van der Waals surface area contributed by atoms with Gasteiger partial charge >= 0.3 is 6.03 Å². The first-order valence-electron chi connectivity index (χ1n) is 12.3. The van der Waals surface area contributed by atoms with Crippen LogP contribution in [0.2, 0.25) is 0 Å². The molecule has 1 fully saturated rings. The molecule has 2 heterocycles. The van der Waals surface area contributed by atoms with E-state index in [1.54, 1.807) is 77.7 Å². The van der Waals surface area contributed by atoms with Crippen molar-refractivity contribution in [1.82, 2.24) is 14.8 Å². The van der Waals surface area contributed by atoms with Crippen molar-refractivity contribution in [2.24, 2.45) is 0 Å². The van der Waals surface area contributed by atoms with Gasteiger partial charge in [-0.15, -0.1) is 0 Å². The van der Waals surface area contributed by atoms with Crippen molar-refractivity contribution >= 4 is 51.2 Å². The molecule has 1 saturated heterocycles. The molecule has 0 radical (unpaired) electrons. The van der Waals surface area contributed by atoms with Crippen molar-refractivity contribution in [2.75, 3.05) is 42.9 Å². The number of nitrogens with one attached hydrogen (secondary N) is 1. The van der Waals surface area contributed by atoms with E-state index >= 15 is 0 Å². The standard InChI is InChI=1S/C28H27N5O5S/c1-38-25-10-3-2-8-23(25)30-28(35)32-18-16-31(17-19-32)27(34)21-11-13-22(14-12-21)33(39(36)37)24-9-4-6-20-7-5-15-29-26(20)24/h2-15H,16-19H2,1H3,(H,30,35)(H,36,37). The smallest absolute Gasteiger partial charge is 0.322 e. The van der Waals surface area contributed by atoms with Gasteiger partial charge in [-0.05, 0) is 48.5 Å². The zero-order valence-corrected chi connectivity index (χ0v) is 22.0. The highest BCUT2D eigenvalue weighted by atomic mass is 32.2. The molecule has 0 spiro atoms. The molecule has 3 amide bonds. The first-order valence-corrected chi connectivity index (χ1v) is 13.4. The first kappa shape index (κ1) is 26.1. The van der Waals surface area contributed by atoms with Crippen molar-refractivity contribution in [3.05, 3.63) is 90.6 Å². The molecular formula is C28H27N5O5S. The number of anilines is 3. The lowest BCUT2D eigenvalue weighted by Gasteiger charge is -2.35. The number of aromatic nitrogens is 1. The van der Waals surface area contributed by atoms with E-state index in [0.717, 1.165) is 5.39 Å². The molecule has 39 heavy (non-hydrogen) atoms. The van der Waals surface area contributed by atoms with Crippen LogP contribution in [0.25, 0.3) is 10.9 Å². The maximum Gasteiger partial charge on any atom is 0.322 e. The van der Waals surface area contributed by atoms with Gasteiger partial charge in [-0.2, -0.15) is 0 Å². The average molecular weight is 546 g/mol. The van der Waals surface area contributed by atoms with Crippen LogP contribution in [0.1, 0.15) is 10.4 Å². The Morgan fingerprint density at radius 1 is 0.923 bits per heavy atom. The van der Waals surface area contributed by atoms with Crippen molar-refractivity contribution < 1.29 is 23.1 Å². The van der Waals surface area contributed by atoms with Crippen LogP contribution in [0, 0.1) is 0 Å². The topological polar surface area (TPSA) is 115 Å². The minimum absolute atomic E-state index is 0.171. The molecule has 4 aromatic rings. The molecule has 3 aromatic carbocycles. The molecule has 1 atom stereocenters. The number of amides is 3. The summed E-state index contributed by atoms with van der Waals surface area (Å²) in [5.74, 6) is 0.401. The number of piperazine rings is 1. The van der Waals surface area contributed by atoms with E-state index < -0.39 is 11.3 Å². The molecule has 1 unspecified atom stereocenters. The number of methoxy groups -OCH3 is 1. The fraction of sp³-hybridized carbons (Fsp3) is 0.179. The second-order valence-electron chi connectivity index (χ2n) is 8.83. The molecule has 0 bridgehead atoms. The van der Waals surface area contributed by atoms with E-state index in [9.17, 15) is 18.4 Å². The van der Waals surface area contributed by atoms with Crippen LogP contribution < -0.4 is 14.4 Å². The summed E-state index contributed by atoms with van der Waals surface area (Å²) < 4.78 is 29.0. The second kappa shape index (κ2) is 11.5. The van der Waals surface area contributed by atoms with Gasteiger partial charge in [-0.3, -0.25) is 14.3 Å². The van der Waals surface area contributed by atoms with Crippen LogP contribution in [-0.2, 0) is 11.3 Å². The van der Waals surface area contributed by atoms with Gasteiger partial charge in [0.05, 0.1) is 29.7 Å². The summed E-state index contributed by atoms with van der Waals surface area (Å²) in [5, 5.41) is 3.70. The quantitative estimate of drug-likeness (QED) is 0.345. The molecular weight excluding hydrogens is 518 g/mol. The molecule has 200 valence electrons. The van der Waals surface area contributed by atoms with E-state index in [1.165, 1.54) is 4.31 Å². The molecule has 10 nitrogen and oxygen atoms in total. The molecule has 1 aliphatic heterocycles. The Morgan fingerprint density at radius 3 is 2.33 bits per heavy atom. The van der Waals surface area contributed by atoms with E-state index in [-0.39, 0.29) is 11.9 Å². The summed E-state index contributed by atoms with van der Waals surface area (Å²) in [6.45, 7) is 1.54. The molecule has 11 heteroatoms. The molecule has 0 saturated carbocycles. The Bertz CT molecular complexity index is 1520. The zero-order chi connectivity index (χ0) is 27.4. The number of hydrogen-bond donors (Lipinski definition) is 2. The van der Waals surface area contributed by atoms with Crippen molar-refractivity contribution in [3.63, 3.8) is 0 Å². The predicted molar refractivity (Wildman–Crippen MR) is 151 cm³/mol. The summed E-state index contributed by atoms with van der Waals surface area (Å²) >= 11 is -2.36. The fourth-order valence-electron chi connectivity index (χ4n) is 4.54. The number of nitrogens with zero attached hydrogens (tertiary/aromatic N) is 4. The number of urea groups is 1. The van der Waals surface area contributed by atoms with Crippen molar-refractivity contribution in [2.45, 2.75) is 0 Å². The summed E-state index contributed by atoms with van der Waals surface area (Å²) in [6.07, 6.45) is 1.63. The second-order valence-corrected chi connectivity index (χ2v) is 9.66. The number of carbonyl (C=O) groups excluding carboxylic acids is 2. The van der Waals surface area contributed by atoms with Gasteiger partial charge in [0.2, 0.25) is 0 Å². The molecule has 1 aliphatic rings.